The largest absolute Gasteiger partial charge is 0.484 e. The molecule has 0 aliphatic rings. The molecule has 0 saturated heterocycles. The van der Waals surface area contributed by atoms with Crippen LogP contribution in [0.5, 0.6) is 5.75 Å². The molecule has 0 aliphatic heterocycles. The second-order valence-corrected chi connectivity index (χ2v) is 9.03. The smallest absolute Gasteiger partial charge is 0.261 e. The quantitative estimate of drug-likeness (QED) is 0.393. The molecule has 0 saturated carbocycles. The zero-order chi connectivity index (χ0) is 24.7. The fourth-order valence-corrected chi connectivity index (χ4v) is 4.07. The normalized spacial score (nSPS) is 11.6. The number of hydrogen-bond donors (Lipinski definition) is 1. The van der Waals surface area contributed by atoms with Gasteiger partial charge in [-0.05, 0) is 53.9 Å². The number of aryl methyl sites for hydroxylation is 1. The van der Waals surface area contributed by atoms with Crippen LogP contribution in [0, 0.1) is 6.92 Å². The molecule has 8 heteroatoms. The van der Waals surface area contributed by atoms with Crippen molar-refractivity contribution >= 4 is 46.6 Å². The summed E-state index contributed by atoms with van der Waals surface area (Å²) in [4.78, 5) is 27.9. The summed E-state index contributed by atoms with van der Waals surface area (Å²) in [6, 6.07) is 19.0. The molecule has 0 fully saturated rings. The Morgan fingerprint density at radius 1 is 0.971 bits per heavy atom. The Balaban J connectivity index is 1.90. The van der Waals surface area contributed by atoms with E-state index in [2.05, 4.69) is 5.32 Å². The molecular formula is C26H25Cl3N2O3. The highest BCUT2D eigenvalue weighted by molar-refractivity contribution is 6.35. The number of hydrogen-bond acceptors (Lipinski definition) is 3. The van der Waals surface area contributed by atoms with E-state index < -0.39 is 6.04 Å². The van der Waals surface area contributed by atoms with E-state index in [0.29, 0.717) is 32.8 Å². The van der Waals surface area contributed by atoms with Crippen LogP contribution in [0.3, 0.4) is 0 Å². The molecule has 3 rings (SSSR count). The van der Waals surface area contributed by atoms with Crippen LogP contribution < -0.4 is 10.1 Å². The molecule has 2 amide bonds. The molecule has 1 N–H and O–H groups in total. The van der Waals surface area contributed by atoms with Gasteiger partial charge >= 0.3 is 0 Å². The molecule has 34 heavy (non-hydrogen) atoms. The van der Waals surface area contributed by atoms with Crippen LogP contribution in [0.2, 0.25) is 15.1 Å². The van der Waals surface area contributed by atoms with Gasteiger partial charge in [-0.3, -0.25) is 9.59 Å². The van der Waals surface area contributed by atoms with Gasteiger partial charge in [0.15, 0.2) is 6.61 Å². The van der Waals surface area contributed by atoms with Gasteiger partial charge in [0.05, 0.1) is 0 Å². The third-order valence-corrected chi connectivity index (χ3v) is 6.38. The maximum atomic E-state index is 13.4. The predicted molar refractivity (Wildman–Crippen MR) is 137 cm³/mol. The Hall–Kier alpha value is -2.73. The minimum absolute atomic E-state index is 0.114. The molecule has 0 radical (unpaired) electrons. The Morgan fingerprint density at radius 3 is 2.35 bits per heavy atom. The van der Waals surface area contributed by atoms with Crippen LogP contribution >= 0.6 is 34.8 Å². The number of benzene rings is 3. The second kappa shape index (κ2) is 12.1. The lowest BCUT2D eigenvalue weighted by atomic mass is 10.0. The van der Waals surface area contributed by atoms with Gasteiger partial charge in [-0.25, -0.2) is 0 Å². The van der Waals surface area contributed by atoms with Crippen molar-refractivity contribution in [2.45, 2.75) is 25.9 Å². The van der Waals surface area contributed by atoms with Crippen LogP contribution in [-0.2, 0) is 22.6 Å². The molecule has 0 aromatic heterocycles. The number of ether oxygens (including phenoxy) is 1. The first kappa shape index (κ1) is 25.9. The van der Waals surface area contributed by atoms with E-state index in [9.17, 15) is 9.59 Å². The molecule has 5 nitrogen and oxygen atoms in total. The standard InChI is InChI=1S/C26H25Cl3N2O3/c1-17-12-21(10-11-22(17)28)34-16-25(32)31(15-19-8-9-20(27)14-23(19)29)24(26(33)30-2)13-18-6-4-3-5-7-18/h3-12,14,24H,13,15-16H2,1-2H3,(H,30,33). The molecule has 3 aromatic carbocycles. The first-order valence-corrected chi connectivity index (χ1v) is 11.8. The van der Waals surface area contributed by atoms with E-state index in [1.54, 1.807) is 43.4 Å². The predicted octanol–water partition coefficient (Wildman–Crippen LogP) is 5.72. The fraction of sp³-hybridized carbons (Fsp3) is 0.231. The maximum absolute atomic E-state index is 13.4. The number of nitrogens with one attached hydrogen (secondary N) is 1. The number of carbonyl (C=O) groups excluding carboxylic acids is 2. The van der Waals surface area contributed by atoms with Gasteiger partial charge in [0.2, 0.25) is 5.91 Å². The Bertz CT molecular complexity index is 1160. The SMILES string of the molecule is CNC(=O)C(Cc1ccccc1)N(Cc1ccc(Cl)cc1Cl)C(=O)COc1ccc(Cl)c(C)c1. The number of rotatable bonds is 9. The molecule has 178 valence electrons. The minimum Gasteiger partial charge on any atom is -0.484 e. The van der Waals surface area contributed by atoms with Crippen molar-refractivity contribution in [2.24, 2.45) is 0 Å². The number of amides is 2. The van der Waals surface area contributed by atoms with E-state index in [4.69, 9.17) is 39.5 Å². The molecular weight excluding hydrogens is 495 g/mol. The average molecular weight is 520 g/mol. The van der Waals surface area contributed by atoms with Crippen molar-refractivity contribution in [1.29, 1.82) is 0 Å². The summed E-state index contributed by atoms with van der Waals surface area (Å²) in [5, 5.41) is 4.18. The first-order chi connectivity index (χ1) is 16.3. The van der Waals surface area contributed by atoms with Crippen LogP contribution in [0.4, 0.5) is 0 Å². The van der Waals surface area contributed by atoms with Gasteiger partial charge in [0.1, 0.15) is 11.8 Å². The Labute approximate surface area is 214 Å². The first-order valence-electron chi connectivity index (χ1n) is 10.7. The lowest BCUT2D eigenvalue weighted by Gasteiger charge is -2.31. The van der Waals surface area contributed by atoms with Gasteiger partial charge in [0, 0.05) is 35.1 Å². The third kappa shape index (κ3) is 6.89. The summed E-state index contributed by atoms with van der Waals surface area (Å²) in [5.74, 6) is -0.132. The van der Waals surface area contributed by atoms with E-state index in [-0.39, 0.29) is 25.0 Å². The van der Waals surface area contributed by atoms with Crippen LogP contribution in [0.25, 0.3) is 0 Å². The molecule has 0 bridgehead atoms. The molecule has 0 spiro atoms. The number of halogens is 3. The zero-order valence-corrected chi connectivity index (χ0v) is 21.1. The van der Waals surface area contributed by atoms with Gasteiger partial charge in [-0.1, -0.05) is 71.2 Å². The molecule has 1 unspecified atom stereocenters. The van der Waals surface area contributed by atoms with Gasteiger partial charge in [0.25, 0.3) is 5.91 Å². The van der Waals surface area contributed by atoms with E-state index in [0.717, 1.165) is 11.1 Å². The molecule has 3 aromatic rings. The highest BCUT2D eigenvalue weighted by Gasteiger charge is 2.30. The number of nitrogens with zero attached hydrogens (tertiary/aromatic N) is 1. The van der Waals surface area contributed by atoms with E-state index >= 15 is 0 Å². The molecule has 0 heterocycles. The Kier molecular flexibility index (Phi) is 9.22. The third-order valence-electron chi connectivity index (χ3n) is 5.37. The van der Waals surface area contributed by atoms with Gasteiger partial charge < -0.3 is 15.0 Å². The maximum Gasteiger partial charge on any atom is 0.261 e. The van der Waals surface area contributed by atoms with Crippen molar-refractivity contribution < 1.29 is 14.3 Å². The van der Waals surface area contributed by atoms with Crippen molar-refractivity contribution in [3.63, 3.8) is 0 Å². The minimum atomic E-state index is -0.776. The van der Waals surface area contributed by atoms with Crippen LogP contribution in [0.1, 0.15) is 16.7 Å². The molecule has 0 aliphatic carbocycles. The van der Waals surface area contributed by atoms with E-state index in [1.165, 1.54) is 4.90 Å². The lowest BCUT2D eigenvalue weighted by molar-refractivity contribution is -0.142. The fourth-order valence-electron chi connectivity index (χ4n) is 3.49. The highest BCUT2D eigenvalue weighted by Crippen LogP contribution is 2.25. The summed E-state index contributed by atoms with van der Waals surface area (Å²) in [5.41, 5.74) is 2.43. The number of likely N-dealkylation sites (N-methyl/N-ethyl adjacent to an activating group) is 1. The van der Waals surface area contributed by atoms with Crippen LogP contribution in [-0.4, -0.2) is 36.4 Å². The summed E-state index contributed by atoms with van der Waals surface area (Å²) in [7, 11) is 1.55. The van der Waals surface area contributed by atoms with Crippen molar-refractivity contribution in [3.8, 4) is 5.75 Å². The average Bonchev–Trinajstić information content (AvgIpc) is 2.83. The zero-order valence-electron chi connectivity index (χ0n) is 18.9. The van der Waals surface area contributed by atoms with Gasteiger partial charge in [-0.2, -0.15) is 0 Å². The highest BCUT2D eigenvalue weighted by atomic mass is 35.5. The second-order valence-electron chi connectivity index (χ2n) is 7.78. The summed E-state index contributed by atoms with van der Waals surface area (Å²) < 4.78 is 5.75. The lowest BCUT2D eigenvalue weighted by Crippen LogP contribution is -2.51. The van der Waals surface area contributed by atoms with Crippen LogP contribution in [0.15, 0.2) is 66.7 Å². The summed E-state index contributed by atoms with van der Waals surface area (Å²) in [6.07, 6.45) is 0.331. The molecule has 1 atom stereocenters. The topological polar surface area (TPSA) is 58.6 Å². The van der Waals surface area contributed by atoms with Crippen molar-refractivity contribution in [2.75, 3.05) is 13.7 Å². The van der Waals surface area contributed by atoms with Gasteiger partial charge in [-0.15, -0.1) is 0 Å². The van der Waals surface area contributed by atoms with E-state index in [1.807, 2.05) is 37.3 Å². The summed E-state index contributed by atoms with van der Waals surface area (Å²) in [6.45, 7) is 1.71. The summed E-state index contributed by atoms with van der Waals surface area (Å²) >= 11 is 18.5. The Morgan fingerprint density at radius 2 is 1.71 bits per heavy atom. The number of carbonyl (C=O) groups is 2. The monoisotopic (exact) mass is 518 g/mol. The van der Waals surface area contributed by atoms with Crippen molar-refractivity contribution in [3.05, 3.63) is 98.5 Å². The van der Waals surface area contributed by atoms with Crippen molar-refractivity contribution in [1.82, 2.24) is 10.2 Å².